The molecule has 1 aliphatic heterocycles. The summed E-state index contributed by atoms with van der Waals surface area (Å²) >= 11 is 3.20. The van der Waals surface area contributed by atoms with Crippen molar-refractivity contribution < 1.29 is 4.39 Å². The Morgan fingerprint density at radius 3 is 2.95 bits per heavy atom. The maximum atomic E-state index is 13.3. The average molecular weight is 322 g/mol. The topological polar surface area (TPSA) is 37.8 Å². The van der Waals surface area contributed by atoms with E-state index in [2.05, 4.69) is 31.2 Å². The molecule has 0 saturated carbocycles. The van der Waals surface area contributed by atoms with E-state index in [0.29, 0.717) is 10.3 Å². The molecule has 1 N–H and O–H groups in total. The second-order valence-corrected chi connectivity index (χ2v) is 5.47. The minimum atomic E-state index is -0.275. The van der Waals surface area contributed by atoms with E-state index in [4.69, 9.17) is 0 Å². The Morgan fingerprint density at radius 2 is 2.16 bits per heavy atom. The van der Waals surface area contributed by atoms with Crippen molar-refractivity contribution in [3.8, 4) is 11.4 Å². The number of aromatic nitrogens is 2. The minimum absolute atomic E-state index is 0.275. The van der Waals surface area contributed by atoms with Gasteiger partial charge in [-0.2, -0.15) is 0 Å². The van der Waals surface area contributed by atoms with Gasteiger partial charge in [0.2, 0.25) is 0 Å². The van der Waals surface area contributed by atoms with Crippen LogP contribution in [0.2, 0.25) is 0 Å². The molecule has 0 bridgehead atoms. The van der Waals surface area contributed by atoms with Crippen LogP contribution in [0.25, 0.3) is 11.4 Å². The summed E-state index contributed by atoms with van der Waals surface area (Å²) < 4.78 is 13.7. The Labute approximate surface area is 119 Å². The first kappa shape index (κ1) is 12.7. The molecule has 1 aliphatic rings. The lowest BCUT2D eigenvalue weighted by Crippen LogP contribution is -2.26. The SMILES string of the molecule is Cc1nc(-c2ccc(F)c(Br)c2)nc2c1CNCC2. The molecule has 2 heterocycles. The Hall–Kier alpha value is -1.33. The fourth-order valence-corrected chi connectivity index (χ4v) is 2.66. The fourth-order valence-electron chi connectivity index (χ4n) is 2.28. The van der Waals surface area contributed by atoms with Gasteiger partial charge in [0.25, 0.3) is 0 Å². The number of aryl methyl sites for hydroxylation is 1. The van der Waals surface area contributed by atoms with Gasteiger partial charge in [-0.25, -0.2) is 14.4 Å². The van der Waals surface area contributed by atoms with E-state index < -0.39 is 0 Å². The number of benzene rings is 1. The largest absolute Gasteiger partial charge is 0.312 e. The fraction of sp³-hybridized carbons (Fsp3) is 0.286. The van der Waals surface area contributed by atoms with Crippen molar-refractivity contribution in [2.45, 2.75) is 19.9 Å². The van der Waals surface area contributed by atoms with Crippen molar-refractivity contribution >= 4 is 15.9 Å². The van der Waals surface area contributed by atoms with Gasteiger partial charge < -0.3 is 5.32 Å². The van der Waals surface area contributed by atoms with Crippen LogP contribution in [-0.2, 0) is 13.0 Å². The molecule has 1 aromatic heterocycles. The third-order valence-electron chi connectivity index (χ3n) is 3.32. The Balaban J connectivity index is 2.10. The summed E-state index contributed by atoms with van der Waals surface area (Å²) in [7, 11) is 0. The van der Waals surface area contributed by atoms with Gasteiger partial charge in [-0.3, -0.25) is 0 Å². The van der Waals surface area contributed by atoms with Crippen LogP contribution in [0.1, 0.15) is 17.0 Å². The number of hydrogen-bond acceptors (Lipinski definition) is 3. The molecule has 98 valence electrons. The van der Waals surface area contributed by atoms with E-state index in [1.807, 2.05) is 6.92 Å². The van der Waals surface area contributed by atoms with Crippen molar-refractivity contribution in [3.05, 3.63) is 45.4 Å². The highest BCUT2D eigenvalue weighted by Gasteiger charge is 2.16. The van der Waals surface area contributed by atoms with E-state index in [1.165, 1.54) is 11.6 Å². The predicted molar refractivity (Wildman–Crippen MR) is 75.3 cm³/mol. The third-order valence-corrected chi connectivity index (χ3v) is 3.93. The van der Waals surface area contributed by atoms with Crippen LogP contribution < -0.4 is 5.32 Å². The number of hydrogen-bond donors (Lipinski definition) is 1. The average Bonchev–Trinajstić information content (AvgIpc) is 2.42. The molecule has 2 aromatic rings. The highest BCUT2D eigenvalue weighted by atomic mass is 79.9. The van der Waals surface area contributed by atoms with Crippen molar-refractivity contribution in [2.75, 3.05) is 6.54 Å². The first-order valence-corrected chi connectivity index (χ1v) is 6.97. The van der Waals surface area contributed by atoms with Crippen LogP contribution in [0, 0.1) is 12.7 Å². The summed E-state index contributed by atoms with van der Waals surface area (Å²) in [6.07, 6.45) is 0.911. The lowest BCUT2D eigenvalue weighted by molar-refractivity contribution is 0.620. The Bertz CT molecular complexity index is 643. The number of rotatable bonds is 1. The van der Waals surface area contributed by atoms with Gasteiger partial charge in [0, 0.05) is 36.3 Å². The molecule has 3 nitrogen and oxygen atoms in total. The van der Waals surface area contributed by atoms with Crippen LogP contribution in [0.5, 0.6) is 0 Å². The van der Waals surface area contributed by atoms with E-state index in [9.17, 15) is 4.39 Å². The first-order chi connectivity index (χ1) is 9.15. The van der Waals surface area contributed by atoms with Gasteiger partial charge in [0.15, 0.2) is 5.82 Å². The Kier molecular flexibility index (Phi) is 3.33. The first-order valence-electron chi connectivity index (χ1n) is 6.17. The van der Waals surface area contributed by atoms with Crippen LogP contribution in [0.3, 0.4) is 0 Å². The molecular weight excluding hydrogens is 309 g/mol. The van der Waals surface area contributed by atoms with E-state index in [1.54, 1.807) is 12.1 Å². The normalized spacial score (nSPS) is 14.3. The molecule has 0 fully saturated rings. The highest BCUT2D eigenvalue weighted by molar-refractivity contribution is 9.10. The van der Waals surface area contributed by atoms with Gasteiger partial charge >= 0.3 is 0 Å². The van der Waals surface area contributed by atoms with Crippen LogP contribution in [-0.4, -0.2) is 16.5 Å². The van der Waals surface area contributed by atoms with E-state index >= 15 is 0 Å². The van der Waals surface area contributed by atoms with Crippen molar-refractivity contribution in [1.82, 2.24) is 15.3 Å². The summed E-state index contributed by atoms with van der Waals surface area (Å²) in [5.74, 6) is 0.390. The predicted octanol–water partition coefficient (Wildman–Crippen LogP) is 3.00. The van der Waals surface area contributed by atoms with Crippen LogP contribution >= 0.6 is 15.9 Å². The van der Waals surface area contributed by atoms with Crippen molar-refractivity contribution in [2.24, 2.45) is 0 Å². The number of nitrogens with zero attached hydrogens (tertiary/aromatic N) is 2. The molecule has 0 unspecified atom stereocenters. The number of fused-ring (bicyclic) bond motifs is 1. The molecule has 5 heteroatoms. The lowest BCUT2D eigenvalue weighted by atomic mass is 10.1. The van der Waals surface area contributed by atoms with Crippen molar-refractivity contribution in [3.63, 3.8) is 0 Å². The second kappa shape index (κ2) is 4.98. The zero-order chi connectivity index (χ0) is 13.4. The second-order valence-electron chi connectivity index (χ2n) is 4.61. The molecule has 0 saturated heterocycles. The van der Waals surface area contributed by atoms with Gasteiger partial charge in [-0.1, -0.05) is 0 Å². The summed E-state index contributed by atoms with van der Waals surface area (Å²) in [5.41, 5.74) is 4.11. The number of halogens is 2. The summed E-state index contributed by atoms with van der Waals surface area (Å²) in [6, 6.07) is 4.86. The number of nitrogens with one attached hydrogen (secondary N) is 1. The molecule has 0 amide bonds. The summed E-state index contributed by atoms with van der Waals surface area (Å²) in [4.78, 5) is 9.15. The maximum Gasteiger partial charge on any atom is 0.159 e. The smallest absolute Gasteiger partial charge is 0.159 e. The van der Waals surface area contributed by atoms with E-state index in [0.717, 1.165) is 36.5 Å². The van der Waals surface area contributed by atoms with Crippen molar-refractivity contribution in [1.29, 1.82) is 0 Å². The molecule has 0 atom stereocenters. The zero-order valence-corrected chi connectivity index (χ0v) is 12.1. The monoisotopic (exact) mass is 321 g/mol. The van der Waals surface area contributed by atoms with Gasteiger partial charge in [-0.15, -0.1) is 0 Å². The molecular formula is C14H13BrFN3. The summed E-state index contributed by atoms with van der Waals surface area (Å²) in [6.45, 7) is 3.76. The summed E-state index contributed by atoms with van der Waals surface area (Å²) in [5, 5.41) is 3.32. The Morgan fingerprint density at radius 1 is 1.32 bits per heavy atom. The third kappa shape index (κ3) is 2.40. The highest BCUT2D eigenvalue weighted by Crippen LogP contribution is 2.25. The molecule has 0 radical (unpaired) electrons. The molecule has 0 spiro atoms. The van der Waals surface area contributed by atoms with E-state index in [-0.39, 0.29) is 5.82 Å². The van der Waals surface area contributed by atoms with Gasteiger partial charge in [0.05, 0.1) is 10.2 Å². The van der Waals surface area contributed by atoms with Gasteiger partial charge in [-0.05, 0) is 41.1 Å². The molecule has 19 heavy (non-hydrogen) atoms. The lowest BCUT2D eigenvalue weighted by Gasteiger charge is -2.18. The quantitative estimate of drug-likeness (QED) is 0.877. The zero-order valence-electron chi connectivity index (χ0n) is 10.5. The molecule has 1 aromatic carbocycles. The van der Waals surface area contributed by atoms with Gasteiger partial charge in [0.1, 0.15) is 5.82 Å². The molecule has 0 aliphatic carbocycles. The van der Waals surface area contributed by atoms with Crippen LogP contribution in [0.15, 0.2) is 22.7 Å². The standard InChI is InChI=1S/C14H13BrFN3/c1-8-10-7-17-5-4-13(10)19-14(18-8)9-2-3-12(16)11(15)6-9/h2-3,6,17H,4-5,7H2,1H3. The molecule has 3 rings (SSSR count). The van der Waals surface area contributed by atoms with Crippen LogP contribution in [0.4, 0.5) is 4.39 Å². The maximum absolute atomic E-state index is 13.3. The minimum Gasteiger partial charge on any atom is -0.312 e.